The zero-order chi connectivity index (χ0) is 24.5. The first-order chi connectivity index (χ1) is 16.4. The van der Waals surface area contributed by atoms with E-state index in [1.807, 2.05) is 64.6 Å². The van der Waals surface area contributed by atoms with Crippen molar-refractivity contribution in [3.8, 4) is 0 Å². The number of hydrogen-bond donors (Lipinski definition) is 2. The van der Waals surface area contributed by atoms with Gasteiger partial charge in [0, 0.05) is 24.2 Å². The van der Waals surface area contributed by atoms with Crippen LogP contribution in [0.3, 0.4) is 0 Å². The fourth-order valence-corrected chi connectivity index (χ4v) is 3.90. The van der Waals surface area contributed by atoms with Gasteiger partial charge in [-0.15, -0.1) is 0 Å². The van der Waals surface area contributed by atoms with Crippen molar-refractivity contribution in [2.45, 2.75) is 12.1 Å². The minimum atomic E-state index is -0.161. The van der Waals surface area contributed by atoms with E-state index in [-0.39, 0.29) is 23.9 Å². The number of carbonyl (C=O) groups excluding carboxylic acids is 2. The minimum Gasteiger partial charge on any atom is -0.350 e. The largest absolute Gasteiger partial charge is 0.350 e. The fourth-order valence-electron chi connectivity index (χ4n) is 3.90. The molecule has 3 aromatic rings. The van der Waals surface area contributed by atoms with Gasteiger partial charge in [-0.3, -0.25) is 9.59 Å². The van der Waals surface area contributed by atoms with Crippen LogP contribution in [0.15, 0.2) is 84.9 Å². The number of nitrogens with zero attached hydrogens (tertiary/aromatic N) is 2. The average Bonchev–Trinajstić information content (AvgIpc) is 2.85. The van der Waals surface area contributed by atoms with E-state index in [0.29, 0.717) is 24.2 Å². The highest BCUT2D eigenvalue weighted by molar-refractivity contribution is 5.97. The summed E-state index contributed by atoms with van der Waals surface area (Å²) < 4.78 is 0. The Morgan fingerprint density at radius 1 is 0.588 bits per heavy atom. The standard InChI is InChI=1S/C28H34N4O2/c1-31(2)25(21-11-7-5-8-12-21)19-29-27(33)23-15-17-24(18-16-23)28(34)30-20-26(32(3)4)22-13-9-6-10-14-22/h5-18,25-26H,19-20H2,1-4H3,(H,29,33)(H,30,34). The molecule has 2 amide bonds. The molecule has 3 aromatic carbocycles. The Labute approximate surface area is 202 Å². The number of hydrogen-bond acceptors (Lipinski definition) is 4. The van der Waals surface area contributed by atoms with E-state index in [0.717, 1.165) is 11.1 Å². The molecule has 0 fully saturated rings. The molecular formula is C28H34N4O2. The van der Waals surface area contributed by atoms with Crippen molar-refractivity contribution in [1.29, 1.82) is 0 Å². The van der Waals surface area contributed by atoms with Crippen LogP contribution >= 0.6 is 0 Å². The Balaban J connectivity index is 1.57. The summed E-state index contributed by atoms with van der Waals surface area (Å²) in [5.74, 6) is -0.321. The molecule has 34 heavy (non-hydrogen) atoms. The third-order valence-electron chi connectivity index (χ3n) is 5.94. The van der Waals surface area contributed by atoms with E-state index in [1.165, 1.54) is 0 Å². The molecular weight excluding hydrogens is 424 g/mol. The number of rotatable bonds is 10. The van der Waals surface area contributed by atoms with E-state index in [1.54, 1.807) is 24.3 Å². The third-order valence-corrected chi connectivity index (χ3v) is 5.94. The van der Waals surface area contributed by atoms with Crippen LogP contribution in [0.2, 0.25) is 0 Å². The summed E-state index contributed by atoms with van der Waals surface area (Å²) in [4.78, 5) is 29.6. The Morgan fingerprint density at radius 2 is 0.912 bits per heavy atom. The SMILES string of the molecule is CN(C)C(CNC(=O)c1ccc(C(=O)NCC(c2ccccc2)N(C)C)cc1)c1ccccc1. The van der Waals surface area contributed by atoms with Gasteiger partial charge in [-0.2, -0.15) is 0 Å². The predicted molar refractivity (Wildman–Crippen MR) is 137 cm³/mol. The first-order valence-electron chi connectivity index (χ1n) is 11.5. The number of benzene rings is 3. The van der Waals surface area contributed by atoms with Gasteiger partial charge in [0.25, 0.3) is 11.8 Å². The van der Waals surface area contributed by atoms with Crippen molar-refractivity contribution in [1.82, 2.24) is 20.4 Å². The molecule has 6 heteroatoms. The second-order valence-corrected chi connectivity index (χ2v) is 8.78. The van der Waals surface area contributed by atoms with Gasteiger partial charge in [-0.25, -0.2) is 0 Å². The first-order valence-corrected chi connectivity index (χ1v) is 11.5. The molecule has 0 saturated heterocycles. The summed E-state index contributed by atoms with van der Waals surface area (Å²) in [7, 11) is 7.98. The smallest absolute Gasteiger partial charge is 0.251 e. The summed E-state index contributed by atoms with van der Waals surface area (Å²) in [5.41, 5.74) is 3.34. The van der Waals surface area contributed by atoms with E-state index < -0.39 is 0 Å². The lowest BCUT2D eigenvalue weighted by Crippen LogP contribution is -2.35. The molecule has 0 aliphatic carbocycles. The van der Waals surface area contributed by atoms with Gasteiger partial charge in [0.1, 0.15) is 0 Å². The lowest BCUT2D eigenvalue weighted by molar-refractivity contribution is 0.0930. The second-order valence-electron chi connectivity index (χ2n) is 8.78. The van der Waals surface area contributed by atoms with Gasteiger partial charge >= 0.3 is 0 Å². The zero-order valence-electron chi connectivity index (χ0n) is 20.4. The maximum Gasteiger partial charge on any atom is 0.251 e. The number of likely N-dealkylation sites (N-methyl/N-ethyl adjacent to an activating group) is 2. The van der Waals surface area contributed by atoms with Gasteiger partial charge in [-0.05, 0) is 63.6 Å². The Bertz CT molecular complexity index is 964. The zero-order valence-corrected chi connectivity index (χ0v) is 20.4. The van der Waals surface area contributed by atoms with Crippen molar-refractivity contribution in [3.63, 3.8) is 0 Å². The Morgan fingerprint density at radius 3 is 1.21 bits per heavy atom. The lowest BCUT2D eigenvalue weighted by Gasteiger charge is -2.25. The number of nitrogens with one attached hydrogen (secondary N) is 2. The van der Waals surface area contributed by atoms with E-state index in [4.69, 9.17) is 0 Å². The number of carbonyl (C=O) groups is 2. The van der Waals surface area contributed by atoms with Crippen LogP contribution in [0.25, 0.3) is 0 Å². The summed E-state index contributed by atoms with van der Waals surface area (Å²) in [6, 6.07) is 27.1. The summed E-state index contributed by atoms with van der Waals surface area (Å²) in [6.07, 6.45) is 0. The highest BCUT2D eigenvalue weighted by Crippen LogP contribution is 2.18. The normalized spacial score (nSPS) is 12.9. The van der Waals surface area contributed by atoms with E-state index in [9.17, 15) is 9.59 Å². The highest BCUT2D eigenvalue weighted by atomic mass is 16.2. The van der Waals surface area contributed by atoms with Crippen LogP contribution in [0.4, 0.5) is 0 Å². The maximum absolute atomic E-state index is 12.7. The molecule has 0 aromatic heterocycles. The summed E-state index contributed by atoms with van der Waals surface area (Å²) >= 11 is 0. The van der Waals surface area contributed by atoms with Crippen molar-refractivity contribution in [2.75, 3.05) is 41.3 Å². The molecule has 6 nitrogen and oxygen atoms in total. The van der Waals surface area contributed by atoms with Gasteiger partial charge in [0.15, 0.2) is 0 Å². The molecule has 2 atom stereocenters. The molecule has 0 aliphatic rings. The minimum absolute atomic E-state index is 0.0736. The molecule has 0 spiro atoms. The maximum atomic E-state index is 12.7. The third kappa shape index (κ3) is 6.76. The van der Waals surface area contributed by atoms with Gasteiger partial charge < -0.3 is 20.4 Å². The molecule has 2 unspecified atom stereocenters. The van der Waals surface area contributed by atoms with Crippen LogP contribution in [-0.2, 0) is 0 Å². The number of amides is 2. The molecule has 0 radical (unpaired) electrons. The summed E-state index contributed by atoms with van der Waals surface area (Å²) in [5, 5.41) is 6.02. The van der Waals surface area contributed by atoms with Crippen LogP contribution < -0.4 is 10.6 Å². The van der Waals surface area contributed by atoms with Gasteiger partial charge in [0.2, 0.25) is 0 Å². The average molecular weight is 459 g/mol. The molecule has 0 saturated carbocycles. The predicted octanol–water partition coefficient (Wildman–Crippen LogP) is 3.75. The highest BCUT2D eigenvalue weighted by Gasteiger charge is 2.17. The first kappa shape index (κ1) is 25.1. The summed E-state index contributed by atoms with van der Waals surface area (Å²) in [6.45, 7) is 0.979. The molecule has 0 bridgehead atoms. The van der Waals surface area contributed by atoms with Crippen LogP contribution in [0.1, 0.15) is 43.9 Å². The molecule has 0 aliphatic heterocycles. The Kier molecular flexibility index (Phi) is 8.96. The van der Waals surface area contributed by atoms with E-state index >= 15 is 0 Å². The van der Waals surface area contributed by atoms with Crippen molar-refractivity contribution < 1.29 is 9.59 Å². The Hall–Kier alpha value is -3.48. The second kappa shape index (κ2) is 12.1. The lowest BCUT2D eigenvalue weighted by atomic mass is 10.1. The van der Waals surface area contributed by atoms with Crippen molar-refractivity contribution in [3.05, 3.63) is 107 Å². The van der Waals surface area contributed by atoms with Gasteiger partial charge in [-0.1, -0.05) is 60.7 Å². The van der Waals surface area contributed by atoms with Gasteiger partial charge in [0.05, 0.1) is 12.1 Å². The monoisotopic (exact) mass is 458 g/mol. The topological polar surface area (TPSA) is 64.7 Å². The molecule has 2 N–H and O–H groups in total. The fraction of sp³-hybridized carbons (Fsp3) is 0.286. The quantitative estimate of drug-likeness (QED) is 0.486. The molecule has 0 heterocycles. The van der Waals surface area contributed by atoms with Crippen molar-refractivity contribution >= 4 is 11.8 Å². The van der Waals surface area contributed by atoms with Crippen LogP contribution in [0.5, 0.6) is 0 Å². The van der Waals surface area contributed by atoms with Crippen LogP contribution in [-0.4, -0.2) is 62.9 Å². The molecule has 178 valence electrons. The van der Waals surface area contributed by atoms with E-state index in [2.05, 4.69) is 44.7 Å². The van der Waals surface area contributed by atoms with Crippen molar-refractivity contribution in [2.24, 2.45) is 0 Å². The van der Waals surface area contributed by atoms with Crippen LogP contribution in [0, 0.1) is 0 Å². The molecule has 3 rings (SSSR count).